The summed E-state index contributed by atoms with van der Waals surface area (Å²) in [6.07, 6.45) is 2.65. The van der Waals surface area contributed by atoms with E-state index < -0.39 is 10.0 Å². The summed E-state index contributed by atoms with van der Waals surface area (Å²) < 4.78 is 44.7. The molecule has 0 aliphatic rings. The molecule has 1 amide bonds. The molecular weight excluding hydrogens is 455 g/mol. The Kier molecular flexibility index (Phi) is 8.65. The number of carbonyl (C=O) groups excluding carboxylic acids is 1. The van der Waals surface area contributed by atoms with Crippen LogP contribution in [0.5, 0.6) is 5.75 Å². The van der Waals surface area contributed by atoms with E-state index in [0.717, 1.165) is 30.4 Å². The van der Waals surface area contributed by atoms with Crippen LogP contribution >= 0.6 is 0 Å². The van der Waals surface area contributed by atoms with Crippen molar-refractivity contribution < 1.29 is 22.3 Å². The summed E-state index contributed by atoms with van der Waals surface area (Å²) in [6, 6.07) is 19.9. The van der Waals surface area contributed by atoms with Crippen LogP contribution in [-0.4, -0.2) is 33.7 Å². The van der Waals surface area contributed by atoms with Gasteiger partial charge < -0.3 is 10.1 Å². The third-order valence-corrected chi connectivity index (χ3v) is 6.38. The molecule has 3 rings (SSSR count). The van der Waals surface area contributed by atoms with Gasteiger partial charge >= 0.3 is 0 Å². The van der Waals surface area contributed by atoms with Gasteiger partial charge in [-0.2, -0.15) is 0 Å². The Morgan fingerprint density at radius 3 is 2.32 bits per heavy atom. The molecule has 0 aromatic heterocycles. The predicted molar refractivity (Wildman–Crippen MR) is 132 cm³/mol. The minimum Gasteiger partial charge on any atom is -0.494 e. The smallest absolute Gasteiger partial charge is 0.251 e. The van der Waals surface area contributed by atoms with Gasteiger partial charge in [0.1, 0.15) is 11.6 Å². The Labute approximate surface area is 200 Å². The third kappa shape index (κ3) is 7.05. The van der Waals surface area contributed by atoms with Gasteiger partial charge in [-0.3, -0.25) is 9.10 Å². The number of sulfonamides is 1. The number of hydrogen-bond acceptors (Lipinski definition) is 4. The van der Waals surface area contributed by atoms with E-state index in [0.29, 0.717) is 30.0 Å². The molecule has 1 N–H and O–H groups in total. The number of aryl methyl sites for hydroxylation is 1. The molecule has 0 aliphatic heterocycles. The van der Waals surface area contributed by atoms with Crippen molar-refractivity contribution in [2.24, 2.45) is 0 Å². The first-order valence-electron chi connectivity index (χ1n) is 11.1. The minimum absolute atomic E-state index is 0.0634. The first-order chi connectivity index (χ1) is 16.3. The van der Waals surface area contributed by atoms with Crippen molar-refractivity contribution in [3.8, 4) is 5.75 Å². The molecule has 3 aromatic carbocycles. The van der Waals surface area contributed by atoms with E-state index in [1.807, 2.05) is 31.2 Å². The van der Waals surface area contributed by atoms with Crippen molar-refractivity contribution in [3.63, 3.8) is 0 Å². The van der Waals surface area contributed by atoms with E-state index in [9.17, 15) is 17.6 Å². The summed E-state index contributed by atoms with van der Waals surface area (Å²) in [4.78, 5) is 12.5. The maximum absolute atomic E-state index is 13.2. The largest absolute Gasteiger partial charge is 0.494 e. The molecule has 0 unspecified atom stereocenters. The molecule has 0 saturated heterocycles. The van der Waals surface area contributed by atoms with E-state index in [1.54, 1.807) is 36.4 Å². The lowest BCUT2D eigenvalue weighted by Gasteiger charge is -2.22. The normalized spacial score (nSPS) is 11.1. The summed E-state index contributed by atoms with van der Waals surface area (Å²) in [7, 11) is -3.58. The molecule has 0 aliphatic carbocycles. The van der Waals surface area contributed by atoms with Crippen molar-refractivity contribution in [1.82, 2.24) is 5.32 Å². The first-order valence-corrected chi connectivity index (χ1v) is 12.9. The molecule has 34 heavy (non-hydrogen) atoms. The van der Waals surface area contributed by atoms with Crippen molar-refractivity contribution in [3.05, 3.63) is 95.3 Å². The summed E-state index contributed by atoms with van der Waals surface area (Å²) in [5.74, 6) is 0.251. The molecule has 0 saturated carbocycles. The summed E-state index contributed by atoms with van der Waals surface area (Å²) in [5.41, 5.74) is 2.62. The molecular formula is C26H29FN2O4S. The van der Waals surface area contributed by atoms with E-state index in [2.05, 4.69) is 5.32 Å². The van der Waals surface area contributed by atoms with E-state index in [4.69, 9.17) is 4.74 Å². The summed E-state index contributed by atoms with van der Waals surface area (Å²) in [6.45, 7) is 3.11. The fraction of sp³-hybridized carbons (Fsp3) is 0.269. The van der Waals surface area contributed by atoms with E-state index >= 15 is 0 Å². The highest BCUT2D eigenvalue weighted by Gasteiger charge is 2.18. The lowest BCUT2D eigenvalue weighted by molar-refractivity contribution is 0.0953. The quantitative estimate of drug-likeness (QED) is 0.405. The topological polar surface area (TPSA) is 75.7 Å². The zero-order chi connectivity index (χ0) is 24.6. The van der Waals surface area contributed by atoms with Gasteiger partial charge in [0, 0.05) is 12.1 Å². The Balaban J connectivity index is 1.59. The number of ether oxygens (including phenoxy) is 1. The van der Waals surface area contributed by atoms with Gasteiger partial charge in [0.05, 0.1) is 25.1 Å². The van der Waals surface area contributed by atoms with Gasteiger partial charge in [-0.25, -0.2) is 12.8 Å². The van der Waals surface area contributed by atoms with Gasteiger partial charge in [0.15, 0.2) is 0 Å². The molecule has 8 heteroatoms. The SMILES string of the molecule is CCOc1ccccc1CCCNC(=O)c1ccc(N(Cc2ccc(F)cc2)S(C)(=O)=O)cc1. The van der Waals surface area contributed by atoms with Crippen LogP contribution in [0.3, 0.4) is 0 Å². The zero-order valence-corrected chi connectivity index (χ0v) is 20.1. The number of amides is 1. The standard InChI is InChI=1S/C26H29FN2O4S/c1-3-33-25-9-5-4-7-21(25)8-6-18-28-26(30)22-12-16-24(17-13-22)29(34(2,31)32)19-20-10-14-23(27)15-11-20/h4-5,7,9-17H,3,6,8,18-19H2,1-2H3,(H,28,30). The van der Waals surface area contributed by atoms with Crippen LogP contribution in [0.2, 0.25) is 0 Å². The number of nitrogens with zero attached hydrogens (tertiary/aromatic N) is 1. The Morgan fingerprint density at radius 1 is 1.00 bits per heavy atom. The molecule has 6 nitrogen and oxygen atoms in total. The van der Waals surface area contributed by atoms with Crippen LogP contribution in [-0.2, 0) is 23.0 Å². The average molecular weight is 485 g/mol. The van der Waals surface area contributed by atoms with Crippen molar-refractivity contribution in [2.45, 2.75) is 26.3 Å². The highest BCUT2D eigenvalue weighted by atomic mass is 32.2. The van der Waals surface area contributed by atoms with Gasteiger partial charge in [0.25, 0.3) is 5.91 Å². The van der Waals surface area contributed by atoms with E-state index in [-0.39, 0.29) is 18.3 Å². The lowest BCUT2D eigenvalue weighted by Crippen LogP contribution is -2.29. The van der Waals surface area contributed by atoms with Crippen molar-refractivity contribution in [2.75, 3.05) is 23.7 Å². The average Bonchev–Trinajstić information content (AvgIpc) is 2.82. The molecule has 0 spiro atoms. The van der Waals surface area contributed by atoms with Gasteiger partial charge in [-0.05, 0) is 73.4 Å². The number of rotatable bonds is 11. The van der Waals surface area contributed by atoms with Crippen LogP contribution < -0.4 is 14.4 Å². The number of nitrogens with one attached hydrogen (secondary N) is 1. The number of hydrogen-bond donors (Lipinski definition) is 1. The third-order valence-electron chi connectivity index (χ3n) is 5.24. The van der Waals surface area contributed by atoms with Crippen LogP contribution in [0.25, 0.3) is 0 Å². The second kappa shape index (κ2) is 11.7. The Bertz CT molecular complexity index is 1200. The van der Waals surface area contributed by atoms with Gasteiger partial charge in [0.2, 0.25) is 10.0 Å². The highest BCUT2D eigenvalue weighted by molar-refractivity contribution is 7.92. The molecule has 0 radical (unpaired) electrons. The fourth-order valence-electron chi connectivity index (χ4n) is 3.52. The maximum Gasteiger partial charge on any atom is 0.251 e. The lowest BCUT2D eigenvalue weighted by atomic mass is 10.1. The number of anilines is 1. The monoisotopic (exact) mass is 484 g/mol. The van der Waals surface area contributed by atoms with Gasteiger partial charge in [-0.15, -0.1) is 0 Å². The molecule has 0 heterocycles. The number of carbonyl (C=O) groups is 1. The van der Waals surface area contributed by atoms with Crippen molar-refractivity contribution >= 4 is 21.6 Å². The summed E-state index contributed by atoms with van der Waals surface area (Å²) >= 11 is 0. The fourth-order valence-corrected chi connectivity index (χ4v) is 4.41. The van der Waals surface area contributed by atoms with Crippen LogP contribution in [0.1, 0.15) is 34.8 Å². The Hall–Kier alpha value is -3.39. The minimum atomic E-state index is -3.58. The second-order valence-electron chi connectivity index (χ2n) is 7.84. The molecule has 0 fully saturated rings. The van der Waals surface area contributed by atoms with Crippen molar-refractivity contribution in [1.29, 1.82) is 0 Å². The van der Waals surface area contributed by atoms with Crippen LogP contribution in [0.4, 0.5) is 10.1 Å². The van der Waals surface area contributed by atoms with Gasteiger partial charge in [-0.1, -0.05) is 30.3 Å². The first kappa shape index (κ1) is 25.2. The number of para-hydroxylation sites is 1. The van der Waals surface area contributed by atoms with Crippen LogP contribution in [0, 0.1) is 5.82 Å². The molecule has 180 valence electrons. The zero-order valence-electron chi connectivity index (χ0n) is 19.3. The Morgan fingerprint density at radius 2 is 1.68 bits per heavy atom. The van der Waals surface area contributed by atoms with E-state index in [1.165, 1.54) is 16.4 Å². The highest BCUT2D eigenvalue weighted by Crippen LogP contribution is 2.22. The summed E-state index contributed by atoms with van der Waals surface area (Å²) in [5, 5.41) is 2.90. The molecule has 3 aromatic rings. The number of halogens is 1. The maximum atomic E-state index is 13.2. The molecule has 0 atom stereocenters. The second-order valence-corrected chi connectivity index (χ2v) is 9.75. The predicted octanol–water partition coefficient (Wildman–Crippen LogP) is 4.55. The number of benzene rings is 3. The van der Waals surface area contributed by atoms with Crippen LogP contribution in [0.15, 0.2) is 72.8 Å². The molecule has 0 bridgehead atoms.